The Bertz CT molecular complexity index is 640. The van der Waals surface area contributed by atoms with E-state index in [4.69, 9.17) is 0 Å². The molecule has 0 amide bonds. The van der Waals surface area contributed by atoms with Crippen LogP contribution in [0.25, 0.3) is 0 Å². The molecule has 0 bridgehead atoms. The van der Waals surface area contributed by atoms with Gasteiger partial charge in [-0.05, 0) is 61.2 Å². The molecule has 1 aliphatic heterocycles. The molecule has 2 nitrogen and oxygen atoms in total. The molecule has 0 unspecified atom stereocenters. The number of halogens is 2. The molecule has 0 atom stereocenters. The molecule has 0 aliphatic carbocycles. The van der Waals surface area contributed by atoms with Gasteiger partial charge >= 0.3 is 0 Å². The number of thioether (sulfide) groups is 1. The third-order valence-corrected chi connectivity index (χ3v) is 5.34. The molecule has 1 heterocycles. The highest BCUT2D eigenvalue weighted by Crippen LogP contribution is 2.20. The van der Waals surface area contributed by atoms with Crippen LogP contribution in [0, 0.1) is 11.6 Å². The Morgan fingerprint density at radius 2 is 1.62 bits per heavy atom. The van der Waals surface area contributed by atoms with Crippen molar-refractivity contribution in [3.05, 3.63) is 60.2 Å². The minimum absolute atomic E-state index is 0.173. The van der Waals surface area contributed by atoms with Crippen molar-refractivity contribution < 1.29 is 8.78 Å². The average molecular weight is 348 g/mol. The van der Waals surface area contributed by atoms with Crippen LogP contribution >= 0.6 is 11.8 Å². The lowest BCUT2D eigenvalue weighted by molar-refractivity contribution is 0.259. The topological polar surface area (TPSA) is 6.48 Å². The molecule has 3 rings (SSSR count). The second-order valence-corrected chi connectivity index (χ2v) is 7.13. The SMILES string of the molecule is Fc1ccc(SCCCN2CCN(c3cccc(F)c3)CC2)cc1. The van der Waals surface area contributed by atoms with E-state index in [1.165, 1.54) is 18.2 Å². The summed E-state index contributed by atoms with van der Waals surface area (Å²) in [5, 5.41) is 0. The fourth-order valence-electron chi connectivity index (χ4n) is 2.91. The van der Waals surface area contributed by atoms with Crippen molar-refractivity contribution in [1.82, 2.24) is 4.90 Å². The van der Waals surface area contributed by atoms with Gasteiger partial charge in [0.05, 0.1) is 0 Å². The van der Waals surface area contributed by atoms with Gasteiger partial charge in [-0.3, -0.25) is 4.90 Å². The highest BCUT2D eigenvalue weighted by atomic mass is 32.2. The van der Waals surface area contributed by atoms with E-state index in [2.05, 4.69) is 9.80 Å². The fraction of sp³-hybridized carbons (Fsp3) is 0.368. The van der Waals surface area contributed by atoms with Gasteiger partial charge in [0, 0.05) is 36.8 Å². The summed E-state index contributed by atoms with van der Waals surface area (Å²) in [6, 6.07) is 13.5. The summed E-state index contributed by atoms with van der Waals surface area (Å²) in [6.07, 6.45) is 1.11. The number of rotatable bonds is 6. The van der Waals surface area contributed by atoms with Crippen molar-refractivity contribution >= 4 is 17.4 Å². The molecule has 0 N–H and O–H groups in total. The summed E-state index contributed by atoms with van der Waals surface area (Å²) >= 11 is 1.77. The molecule has 0 radical (unpaired) electrons. The van der Waals surface area contributed by atoms with Gasteiger partial charge in [0.2, 0.25) is 0 Å². The smallest absolute Gasteiger partial charge is 0.125 e. The largest absolute Gasteiger partial charge is 0.369 e. The Morgan fingerprint density at radius 3 is 2.33 bits per heavy atom. The fourth-order valence-corrected chi connectivity index (χ4v) is 3.75. The van der Waals surface area contributed by atoms with Gasteiger partial charge in [-0.15, -0.1) is 11.8 Å². The van der Waals surface area contributed by atoms with Crippen molar-refractivity contribution in [1.29, 1.82) is 0 Å². The number of anilines is 1. The second-order valence-electron chi connectivity index (χ2n) is 5.96. The lowest BCUT2D eigenvalue weighted by Crippen LogP contribution is -2.46. The van der Waals surface area contributed by atoms with Crippen LogP contribution in [0.4, 0.5) is 14.5 Å². The van der Waals surface area contributed by atoms with E-state index in [0.29, 0.717) is 0 Å². The van der Waals surface area contributed by atoms with Crippen molar-refractivity contribution in [2.24, 2.45) is 0 Å². The number of hydrogen-bond donors (Lipinski definition) is 0. The Hall–Kier alpha value is -1.59. The Balaban J connectivity index is 1.36. The minimum atomic E-state index is -0.185. The molecule has 0 aromatic heterocycles. The first kappa shape index (κ1) is 17.2. The molecule has 1 aliphatic rings. The van der Waals surface area contributed by atoms with Gasteiger partial charge in [-0.2, -0.15) is 0 Å². The summed E-state index contributed by atoms with van der Waals surface area (Å²) in [6.45, 7) is 4.98. The molecule has 24 heavy (non-hydrogen) atoms. The van der Waals surface area contributed by atoms with E-state index >= 15 is 0 Å². The van der Waals surface area contributed by atoms with Gasteiger partial charge in [0.1, 0.15) is 11.6 Å². The quantitative estimate of drug-likeness (QED) is 0.569. The van der Waals surface area contributed by atoms with Crippen LogP contribution in [-0.4, -0.2) is 43.4 Å². The minimum Gasteiger partial charge on any atom is -0.369 e. The number of piperazine rings is 1. The monoisotopic (exact) mass is 348 g/mol. The normalized spacial score (nSPS) is 15.7. The lowest BCUT2D eigenvalue weighted by Gasteiger charge is -2.36. The van der Waals surface area contributed by atoms with E-state index in [0.717, 1.165) is 55.5 Å². The van der Waals surface area contributed by atoms with Crippen molar-refractivity contribution in [2.45, 2.75) is 11.3 Å². The Kier molecular flexibility index (Phi) is 6.10. The molecule has 1 saturated heterocycles. The van der Waals surface area contributed by atoms with Crippen molar-refractivity contribution in [2.75, 3.05) is 43.4 Å². The Morgan fingerprint density at radius 1 is 0.875 bits per heavy atom. The Labute approximate surface area is 146 Å². The molecule has 128 valence electrons. The van der Waals surface area contributed by atoms with E-state index in [1.807, 2.05) is 18.2 Å². The summed E-state index contributed by atoms with van der Waals surface area (Å²) in [5.74, 6) is 0.679. The predicted molar refractivity (Wildman–Crippen MR) is 96.8 cm³/mol. The summed E-state index contributed by atoms with van der Waals surface area (Å²) in [4.78, 5) is 5.82. The van der Waals surface area contributed by atoms with Crippen molar-refractivity contribution in [3.8, 4) is 0 Å². The van der Waals surface area contributed by atoms with Crippen LogP contribution in [0.3, 0.4) is 0 Å². The first-order chi connectivity index (χ1) is 11.7. The maximum absolute atomic E-state index is 13.3. The summed E-state index contributed by atoms with van der Waals surface area (Å²) in [5.41, 5.74) is 0.974. The third-order valence-electron chi connectivity index (χ3n) is 4.25. The summed E-state index contributed by atoms with van der Waals surface area (Å²) in [7, 11) is 0. The van der Waals surface area contributed by atoms with Gasteiger partial charge in [0.25, 0.3) is 0 Å². The second kappa shape index (κ2) is 8.49. The molecular weight excluding hydrogens is 326 g/mol. The van der Waals surface area contributed by atoms with Gasteiger partial charge < -0.3 is 4.90 Å². The third kappa shape index (κ3) is 4.95. The van der Waals surface area contributed by atoms with Crippen LogP contribution < -0.4 is 4.90 Å². The molecule has 2 aromatic carbocycles. The zero-order valence-corrected chi connectivity index (χ0v) is 14.4. The van der Waals surface area contributed by atoms with E-state index in [1.54, 1.807) is 23.9 Å². The van der Waals surface area contributed by atoms with Gasteiger partial charge in [-0.25, -0.2) is 8.78 Å². The average Bonchev–Trinajstić information content (AvgIpc) is 2.61. The highest BCUT2D eigenvalue weighted by molar-refractivity contribution is 7.99. The van der Waals surface area contributed by atoms with Crippen LogP contribution in [0.1, 0.15) is 6.42 Å². The van der Waals surface area contributed by atoms with E-state index < -0.39 is 0 Å². The maximum Gasteiger partial charge on any atom is 0.125 e. The molecular formula is C19H22F2N2S. The first-order valence-electron chi connectivity index (χ1n) is 8.32. The van der Waals surface area contributed by atoms with Crippen LogP contribution in [0.5, 0.6) is 0 Å². The molecule has 1 fully saturated rings. The standard InChI is InChI=1S/C19H22F2N2S/c20-16-5-7-19(8-6-16)24-14-2-9-22-10-12-23(13-11-22)18-4-1-3-17(21)15-18/h1,3-8,15H,2,9-14H2. The summed E-state index contributed by atoms with van der Waals surface area (Å²) < 4.78 is 26.2. The zero-order chi connectivity index (χ0) is 16.8. The molecule has 0 saturated carbocycles. The van der Waals surface area contributed by atoms with Crippen LogP contribution in [0.15, 0.2) is 53.4 Å². The zero-order valence-electron chi connectivity index (χ0n) is 13.6. The first-order valence-corrected chi connectivity index (χ1v) is 9.30. The van der Waals surface area contributed by atoms with Gasteiger partial charge in [0.15, 0.2) is 0 Å². The number of hydrogen-bond acceptors (Lipinski definition) is 3. The van der Waals surface area contributed by atoms with E-state index in [-0.39, 0.29) is 11.6 Å². The van der Waals surface area contributed by atoms with Crippen molar-refractivity contribution in [3.63, 3.8) is 0 Å². The highest BCUT2D eigenvalue weighted by Gasteiger charge is 2.16. The number of nitrogens with zero attached hydrogens (tertiary/aromatic N) is 2. The van der Waals surface area contributed by atoms with Crippen LogP contribution in [-0.2, 0) is 0 Å². The van der Waals surface area contributed by atoms with Gasteiger partial charge in [-0.1, -0.05) is 6.07 Å². The molecule has 2 aromatic rings. The maximum atomic E-state index is 13.3. The number of benzene rings is 2. The molecule has 0 spiro atoms. The van der Waals surface area contributed by atoms with E-state index in [9.17, 15) is 8.78 Å². The van der Waals surface area contributed by atoms with Crippen LogP contribution in [0.2, 0.25) is 0 Å². The lowest BCUT2D eigenvalue weighted by atomic mass is 10.2. The predicted octanol–water partition coefficient (Wildman–Crippen LogP) is 4.27. The molecule has 5 heteroatoms.